The molecule has 5 aromatic carbocycles. The molecule has 3 aliphatic rings. The number of anilines is 2. The number of thioether (sulfide) groups is 1. The van der Waals surface area contributed by atoms with E-state index in [-0.39, 0.29) is 10.2 Å². The summed E-state index contributed by atoms with van der Waals surface area (Å²) in [4.78, 5) is 27.9. The number of carboxylic acids is 1. The Morgan fingerprint density at radius 3 is 2.06 bits per heavy atom. The van der Waals surface area contributed by atoms with Gasteiger partial charge in [0.2, 0.25) is 0 Å². The van der Waals surface area contributed by atoms with Crippen LogP contribution in [0.4, 0.5) is 11.4 Å². The fourth-order valence-corrected chi connectivity index (χ4v) is 8.85. The molecule has 7 heteroatoms. The molecular formula is C45H36N2O3S2. The van der Waals surface area contributed by atoms with Crippen LogP contribution in [0.2, 0.25) is 0 Å². The molecule has 2 atom stereocenters. The topological polar surface area (TPSA) is 60.9 Å². The molecular weight excluding hydrogens is 681 g/mol. The molecule has 5 aromatic rings. The zero-order valence-electron chi connectivity index (χ0n) is 28.4. The van der Waals surface area contributed by atoms with Crippen molar-refractivity contribution in [3.05, 3.63) is 171 Å². The van der Waals surface area contributed by atoms with Crippen molar-refractivity contribution in [2.45, 2.75) is 31.2 Å². The summed E-state index contributed by atoms with van der Waals surface area (Å²) in [6.45, 7) is -0.426. The van der Waals surface area contributed by atoms with Gasteiger partial charge in [-0.1, -0.05) is 146 Å². The summed E-state index contributed by atoms with van der Waals surface area (Å²) in [6, 6.07) is 45.5. The number of hydrogen-bond donors (Lipinski definition) is 1. The van der Waals surface area contributed by atoms with Crippen molar-refractivity contribution in [2.24, 2.45) is 0 Å². The van der Waals surface area contributed by atoms with Gasteiger partial charge in [0.1, 0.15) is 10.9 Å². The van der Waals surface area contributed by atoms with E-state index < -0.39 is 12.5 Å². The highest BCUT2D eigenvalue weighted by Gasteiger charge is 2.42. The number of carbonyl (C=O) groups is 2. The lowest BCUT2D eigenvalue weighted by molar-refractivity contribution is -0.140. The number of benzene rings is 5. The van der Waals surface area contributed by atoms with E-state index >= 15 is 0 Å². The zero-order valence-corrected chi connectivity index (χ0v) is 30.0. The van der Waals surface area contributed by atoms with E-state index in [0.717, 1.165) is 27.8 Å². The van der Waals surface area contributed by atoms with E-state index in [2.05, 4.69) is 126 Å². The molecule has 1 saturated heterocycles. The van der Waals surface area contributed by atoms with Crippen molar-refractivity contribution < 1.29 is 14.7 Å². The van der Waals surface area contributed by atoms with Crippen LogP contribution in [0.15, 0.2) is 132 Å². The highest BCUT2D eigenvalue weighted by Crippen LogP contribution is 2.52. The van der Waals surface area contributed by atoms with Crippen LogP contribution in [0, 0.1) is 0 Å². The average molecular weight is 717 g/mol. The number of fused-ring (bicyclic) bond motifs is 3. The summed E-state index contributed by atoms with van der Waals surface area (Å²) in [6.07, 6.45) is 12.0. The molecule has 1 aliphatic carbocycles. The highest BCUT2D eigenvalue weighted by atomic mass is 32.2. The molecule has 5 nitrogen and oxygen atoms in total. The first-order chi connectivity index (χ1) is 25.4. The second kappa shape index (κ2) is 14.6. The third-order valence-electron chi connectivity index (χ3n) is 10.0. The number of hydrogen-bond acceptors (Lipinski definition) is 5. The lowest BCUT2D eigenvalue weighted by Gasteiger charge is -2.27. The van der Waals surface area contributed by atoms with Gasteiger partial charge in [0.05, 0.1) is 4.91 Å². The third-order valence-corrected chi connectivity index (χ3v) is 11.4. The largest absolute Gasteiger partial charge is 0.480 e. The number of carboxylic acid groups (broad SMARTS) is 1. The van der Waals surface area contributed by atoms with Crippen LogP contribution in [-0.2, 0) is 9.59 Å². The Labute approximate surface area is 313 Å². The molecule has 2 fully saturated rings. The quantitative estimate of drug-likeness (QED) is 0.0931. The molecule has 0 radical (unpaired) electrons. The molecule has 1 saturated carbocycles. The Hall–Kier alpha value is -5.50. The first-order valence-electron chi connectivity index (χ1n) is 17.5. The lowest BCUT2D eigenvalue weighted by atomic mass is 9.95. The number of rotatable bonds is 9. The van der Waals surface area contributed by atoms with Gasteiger partial charge in [-0.2, -0.15) is 0 Å². The maximum atomic E-state index is 12.6. The Morgan fingerprint density at radius 1 is 0.769 bits per heavy atom. The third kappa shape index (κ3) is 6.90. The molecule has 0 spiro atoms. The van der Waals surface area contributed by atoms with Gasteiger partial charge >= 0.3 is 5.97 Å². The molecule has 1 N–H and O–H groups in total. The van der Waals surface area contributed by atoms with Crippen molar-refractivity contribution in [1.29, 1.82) is 0 Å². The van der Waals surface area contributed by atoms with Crippen molar-refractivity contribution in [3.63, 3.8) is 0 Å². The van der Waals surface area contributed by atoms with Crippen LogP contribution >= 0.6 is 24.0 Å². The zero-order chi connectivity index (χ0) is 35.6. The van der Waals surface area contributed by atoms with E-state index in [4.69, 9.17) is 17.3 Å². The smallest absolute Gasteiger partial charge is 0.323 e. The van der Waals surface area contributed by atoms with Crippen molar-refractivity contribution >= 4 is 81.4 Å². The van der Waals surface area contributed by atoms with Crippen molar-refractivity contribution in [1.82, 2.24) is 4.90 Å². The monoisotopic (exact) mass is 716 g/mol. The van der Waals surface area contributed by atoms with Crippen LogP contribution < -0.4 is 4.90 Å². The molecule has 52 heavy (non-hydrogen) atoms. The predicted molar refractivity (Wildman–Crippen MR) is 218 cm³/mol. The van der Waals surface area contributed by atoms with Gasteiger partial charge in [0.15, 0.2) is 0 Å². The van der Waals surface area contributed by atoms with Gasteiger partial charge in [0.25, 0.3) is 5.91 Å². The van der Waals surface area contributed by atoms with Gasteiger partial charge in [0, 0.05) is 23.3 Å². The molecule has 0 aromatic heterocycles. The van der Waals surface area contributed by atoms with Crippen LogP contribution in [0.5, 0.6) is 0 Å². The summed E-state index contributed by atoms with van der Waals surface area (Å²) < 4.78 is 0.266. The highest BCUT2D eigenvalue weighted by molar-refractivity contribution is 8.26. The second-order valence-electron chi connectivity index (χ2n) is 13.3. The SMILES string of the molecule is O=C(O)CN1C(=O)C(=Cc2ccc(C=Cc3ccc4c(c3)C3CCCC3N4c3ccc(C=C(c4ccccc4)c4ccccc4)cc3)cc2)SC1=S. The normalized spacial score (nSPS) is 18.7. The Balaban J connectivity index is 1.00. The summed E-state index contributed by atoms with van der Waals surface area (Å²) in [5.74, 6) is -0.937. The maximum Gasteiger partial charge on any atom is 0.323 e. The van der Waals surface area contributed by atoms with Gasteiger partial charge < -0.3 is 10.0 Å². The van der Waals surface area contributed by atoms with Crippen LogP contribution in [0.25, 0.3) is 29.9 Å². The first kappa shape index (κ1) is 33.6. The minimum atomic E-state index is -1.09. The van der Waals surface area contributed by atoms with Gasteiger partial charge in [-0.15, -0.1) is 0 Å². The van der Waals surface area contributed by atoms with Crippen LogP contribution in [0.3, 0.4) is 0 Å². The van der Waals surface area contributed by atoms with E-state index in [1.165, 1.54) is 64.0 Å². The number of carbonyl (C=O) groups excluding carboxylic acids is 1. The number of amides is 1. The molecule has 256 valence electrons. The Kier molecular flexibility index (Phi) is 9.46. The van der Waals surface area contributed by atoms with Crippen LogP contribution in [-0.4, -0.2) is 38.8 Å². The second-order valence-corrected chi connectivity index (χ2v) is 15.0. The maximum absolute atomic E-state index is 12.6. The molecule has 2 heterocycles. The number of aliphatic carboxylic acids is 1. The fourth-order valence-electron chi connectivity index (χ4n) is 7.60. The van der Waals surface area contributed by atoms with Crippen molar-refractivity contribution in [3.8, 4) is 0 Å². The molecule has 1 amide bonds. The van der Waals surface area contributed by atoms with E-state index in [1.54, 1.807) is 6.08 Å². The summed E-state index contributed by atoms with van der Waals surface area (Å²) >= 11 is 6.34. The summed E-state index contributed by atoms with van der Waals surface area (Å²) in [5, 5.41) is 9.09. The lowest BCUT2D eigenvalue weighted by Crippen LogP contribution is -2.33. The Morgan fingerprint density at radius 2 is 1.38 bits per heavy atom. The summed E-state index contributed by atoms with van der Waals surface area (Å²) in [7, 11) is 0. The minimum Gasteiger partial charge on any atom is -0.480 e. The first-order valence-corrected chi connectivity index (χ1v) is 18.7. The standard InChI is InChI=1S/C45H36N2O3S2/c48-43(49)29-46-44(50)42(52-45(46)51)28-33-18-15-30(16-19-33)14-17-31-22-25-41-39(27-31)37-12-7-13-40(37)47(41)36-23-20-32(21-24-36)26-38(34-8-3-1-4-9-34)35-10-5-2-6-11-35/h1-6,8-11,14-28,37,40H,7,12-13,29H2,(H,48,49). The Bertz CT molecular complexity index is 2200. The predicted octanol–water partition coefficient (Wildman–Crippen LogP) is 10.5. The van der Waals surface area contributed by atoms with Gasteiger partial charge in [-0.05, 0) is 93.8 Å². The molecule has 8 rings (SSSR count). The number of nitrogens with zero attached hydrogens (tertiary/aromatic N) is 2. The van der Waals surface area contributed by atoms with Crippen LogP contribution in [0.1, 0.15) is 64.1 Å². The fraction of sp³-hybridized carbons (Fsp3) is 0.133. The van der Waals surface area contributed by atoms with Crippen molar-refractivity contribution in [2.75, 3.05) is 11.4 Å². The molecule has 2 aliphatic heterocycles. The van der Waals surface area contributed by atoms with E-state index in [0.29, 0.717) is 16.9 Å². The minimum absolute atomic E-state index is 0.266. The molecule has 0 bridgehead atoms. The van der Waals surface area contributed by atoms with Gasteiger partial charge in [-0.3, -0.25) is 14.5 Å². The summed E-state index contributed by atoms with van der Waals surface area (Å²) in [5.41, 5.74) is 11.8. The number of thiocarbonyl (C=S) groups is 1. The van der Waals surface area contributed by atoms with E-state index in [1.807, 2.05) is 24.3 Å². The average Bonchev–Trinajstić information content (AvgIpc) is 3.84. The van der Waals surface area contributed by atoms with E-state index in [9.17, 15) is 9.59 Å². The molecule has 2 unspecified atom stereocenters. The van der Waals surface area contributed by atoms with Gasteiger partial charge in [-0.25, -0.2) is 0 Å².